The van der Waals surface area contributed by atoms with Crippen LogP contribution in [0, 0.1) is 17.0 Å². The number of aromatic nitrogens is 3. The molecule has 2 N–H and O–H groups in total. The second-order valence-corrected chi connectivity index (χ2v) is 5.48. The van der Waals surface area contributed by atoms with Crippen LogP contribution in [0.4, 0.5) is 28.7 Å². The highest BCUT2D eigenvalue weighted by Gasteiger charge is 2.23. The van der Waals surface area contributed by atoms with E-state index in [4.69, 9.17) is 11.6 Å². The van der Waals surface area contributed by atoms with Crippen LogP contribution < -0.4 is 10.6 Å². The number of rotatable bonds is 5. The summed E-state index contributed by atoms with van der Waals surface area (Å²) in [6, 6.07) is 8.62. The Balaban J connectivity index is 2.01. The molecule has 25 heavy (non-hydrogen) atoms. The number of anilines is 4. The van der Waals surface area contributed by atoms with Crippen molar-refractivity contribution < 1.29 is 4.92 Å². The summed E-state index contributed by atoms with van der Waals surface area (Å²) < 4.78 is 0. The third-order valence-corrected chi connectivity index (χ3v) is 3.88. The Morgan fingerprint density at radius 3 is 2.44 bits per heavy atom. The average molecular weight is 357 g/mol. The highest BCUT2D eigenvalue weighted by atomic mass is 35.5. The number of pyridine rings is 1. The topological polar surface area (TPSA) is 106 Å². The fourth-order valence-electron chi connectivity index (χ4n) is 2.18. The van der Waals surface area contributed by atoms with Crippen molar-refractivity contribution in [3.8, 4) is 0 Å². The quantitative estimate of drug-likeness (QED) is 0.520. The number of hydrogen-bond donors (Lipinski definition) is 2. The van der Waals surface area contributed by atoms with Gasteiger partial charge in [0.05, 0.1) is 4.92 Å². The SMILES string of the molecule is Cc1c(Cl)cccc1Nc1ncnc(Nc2ccncc2)c1[N+](=O)[O-]. The van der Waals surface area contributed by atoms with Gasteiger partial charge < -0.3 is 10.6 Å². The van der Waals surface area contributed by atoms with E-state index in [1.165, 1.54) is 6.33 Å². The zero-order valence-corrected chi connectivity index (χ0v) is 13.9. The first kappa shape index (κ1) is 16.6. The summed E-state index contributed by atoms with van der Waals surface area (Å²) in [5.74, 6) is 0.148. The molecule has 126 valence electrons. The largest absolute Gasteiger partial charge is 0.353 e. The van der Waals surface area contributed by atoms with Gasteiger partial charge in [-0.1, -0.05) is 17.7 Å². The molecule has 8 nitrogen and oxygen atoms in total. The van der Waals surface area contributed by atoms with Gasteiger partial charge >= 0.3 is 5.69 Å². The summed E-state index contributed by atoms with van der Waals surface area (Å²) >= 11 is 6.10. The summed E-state index contributed by atoms with van der Waals surface area (Å²) in [4.78, 5) is 22.9. The van der Waals surface area contributed by atoms with Crippen molar-refractivity contribution in [2.75, 3.05) is 10.6 Å². The molecule has 0 aliphatic heterocycles. The molecular formula is C16H13ClN6O2. The van der Waals surface area contributed by atoms with Gasteiger partial charge in [0.2, 0.25) is 11.6 Å². The molecule has 0 atom stereocenters. The van der Waals surface area contributed by atoms with Crippen molar-refractivity contribution in [2.45, 2.75) is 6.92 Å². The standard InChI is InChI=1S/C16H13ClN6O2/c1-10-12(17)3-2-4-13(10)22-16-14(23(24)25)15(19-9-20-16)21-11-5-7-18-8-6-11/h2-9H,1H3,(H2,18,19,20,21,22). The van der Waals surface area contributed by atoms with Crippen molar-refractivity contribution in [1.82, 2.24) is 15.0 Å². The molecule has 0 bridgehead atoms. The molecule has 1 aromatic carbocycles. The molecule has 0 aliphatic rings. The maximum Gasteiger partial charge on any atom is 0.353 e. The lowest BCUT2D eigenvalue weighted by Gasteiger charge is -2.12. The van der Waals surface area contributed by atoms with Crippen LogP contribution in [-0.2, 0) is 0 Å². The Kier molecular flexibility index (Phi) is 4.71. The number of benzene rings is 1. The third-order valence-electron chi connectivity index (χ3n) is 3.47. The van der Waals surface area contributed by atoms with E-state index in [0.717, 1.165) is 5.56 Å². The summed E-state index contributed by atoms with van der Waals surface area (Å²) in [5, 5.41) is 18.0. The van der Waals surface area contributed by atoms with Crippen LogP contribution in [0.1, 0.15) is 5.56 Å². The van der Waals surface area contributed by atoms with E-state index in [1.807, 2.05) is 6.92 Å². The zero-order valence-electron chi connectivity index (χ0n) is 13.1. The van der Waals surface area contributed by atoms with Crippen LogP contribution in [0.25, 0.3) is 0 Å². The lowest BCUT2D eigenvalue weighted by molar-refractivity contribution is -0.383. The van der Waals surface area contributed by atoms with Crippen LogP contribution >= 0.6 is 11.6 Å². The molecule has 2 heterocycles. The van der Waals surface area contributed by atoms with Gasteiger partial charge in [-0.15, -0.1) is 0 Å². The fourth-order valence-corrected chi connectivity index (χ4v) is 2.35. The number of nitrogens with zero attached hydrogens (tertiary/aromatic N) is 4. The van der Waals surface area contributed by atoms with Crippen LogP contribution in [-0.4, -0.2) is 19.9 Å². The third kappa shape index (κ3) is 3.64. The van der Waals surface area contributed by atoms with Crippen molar-refractivity contribution in [1.29, 1.82) is 0 Å². The lowest BCUT2D eigenvalue weighted by atomic mass is 10.2. The molecule has 0 spiro atoms. The summed E-state index contributed by atoms with van der Waals surface area (Å²) in [6.45, 7) is 1.81. The minimum Gasteiger partial charge on any atom is -0.334 e. The van der Waals surface area contributed by atoms with Crippen molar-refractivity contribution >= 4 is 40.3 Å². The molecule has 0 amide bonds. The molecule has 0 fully saturated rings. The minimum absolute atomic E-state index is 0.0712. The first-order valence-electron chi connectivity index (χ1n) is 7.25. The molecule has 3 rings (SSSR count). The fraction of sp³-hybridized carbons (Fsp3) is 0.0625. The van der Waals surface area contributed by atoms with E-state index in [2.05, 4.69) is 25.6 Å². The average Bonchev–Trinajstić information content (AvgIpc) is 2.60. The second kappa shape index (κ2) is 7.10. The molecule has 0 aliphatic carbocycles. The summed E-state index contributed by atoms with van der Waals surface area (Å²) in [7, 11) is 0. The molecule has 0 radical (unpaired) electrons. The first-order valence-corrected chi connectivity index (χ1v) is 7.62. The van der Waals surface area contributed by atoms with Gasteiger partial charge in [0.15, 0.2) is 0 Å². The smallest absolute Gasteiger partial charge is 0.334 e. The Morgan fingerprint density at radius 1 is 1.08 bits per heavy atom. The van der Waals surface area contributed by atoms with Crippen LogP contribution in [0.15, 0.2) is 49.1 Å². The van der Waals surface area contributed by atoms with Gasteiger partial charge in [-0.2, -0.15) is 0 Å². The van der Waals surface area contributed by atoms with Gasteiger partial charge in [0.1, 0.15) is 6.33 Å². The van der Waals surface area contributed by atoms with Gasteiger partial charge in [-0.3, -0.25) is 15.1 Å². The highest BCUT2D eigenvalue weighted by Crippen LogP contribution is 2.34. The minimum atomic E-state index is -0.536. The molecule has 2 aromatic heterocycles. The number of nitro groups is 1. The Bertz CT molecular complexity index is 920. The maximum atomic E-state index is 11.6. The predicted octanol–water partition coefficient (Wildman–Crippen LogP) is 4.23. The van der Waals surface area contributed by atoms with E-state index in [9.17, 15) is 10.1 Å². The molecule has 0 unspecified atom stereocenters. The Morgan fingerprint density at radius 2 is 1.76 bits per heavy atom. The van der Waals surface area contributed by atoms with E-state index in [-0.39, 0.29) is 17.3 Å². The molecule has 0 saturated carbocycles. The van der Waals surface area contributed by atoms with E-state index in [0.29, 0.717) is 16.4 Å². The number of hydrogen-bond acceptors (Lipinski definition) is 7. The van der Waals surface area contributed by atoms with Gasteiger partial charge in [0, 0.05) is 28.8 Å². The second-order valence-electron chi connectivity index (χ2n) is 5.07. The summed E-state index contributed by atoms with van der Waals surface area (Å²) in [5.41, 5.74) is 1.75. The van der Waals surface area contributed by atoms with Crippen molar-refractivity contribution in [2.24, 2.45) is 0 Å². The number of nitrogens with one attached hydrogen (secondary N) is 2. The van der Waals surface area contributed by atoms with E-state index in [1.54, 1.807) is 42.7 Å². The molecular weight excluding hydrogens is 344 g/mol. The predicted molar refractivity (Wildman–Crippen MR) is 95.7 cm³/mol. The zero-order chi connectivity index (χ0) is 17.8. The van der Waals surface area contributed by atoms with Crippen molar-refractivity contribution in [3.63, 3.8) is 0 Å². The molecule has 9 heteroatoms. The molecule has 0 saturated heterocycles. The highest BCUT2D eigenvalue weighted by molar-refractivity contribution is 6.31. The van der Waals surface area contributed by atoms with Gasteiger partial charge in [-0.05, 0) is 36.8 Å². The van der Waals surface area contributed by atoms with E-state index < -0.39 is 4.92 Å². The van der Waals surface area contributed by atoms with Crippen LogP contribution in [0.3, 0.4) is 0 Å². The van der Waals surface area contributed by atoms with Crippen molar-refractivity contribution in [3.05, 3.63) is 69.8 Å². The lowest BCUT2D eigenvalue weighted by Crippen LogP contribution is -2.06. The van der Waals surface area contributed by atoms with Gasteiger partial charge in [0.25, 0.3) is 0 Å². The Hall–Kier alpha value is -3.26. The van der Waals surface area contributed by atoms with E-state index >= 15 is 0 Å². The van der Waals surface area contributed by atoms with Gasteiger partial charge in [-0.25, -0.2) is 9.97 Å². The number of halogens is 1. The normalized spacial score (nSPS) is 10.3. The van der Waals surface area contributed by atoms with Crippen LogP contribution in [0.2, 0.25) is 5.02 Å². The first-order chi connectivity index (χ1) is 12.1. The Labute approximate surface area is 148 Å². The summed E-state index contributed by atoms with van der Waals surface area (Å²) in [6.07, 6.45) is 4.40. The maximum absolute atomic E-state index is 11.6. The monoisotopic (exact) mass is 356 g/mol. The van der Waals surface area contributed by atoms with Crippen LogP contribution in [0.5, 0.6) is 0 Å². The molecule has 3 aromatic rings.